The van der Waals surface area contributed by atoms with Gasteiger partial charge in [-0.25, -0.2) is 9.59 Å². The van der Waals surface area contributed by atoms with E-state index in [0.29, 0.717) is 17.2 Å². The summed E-state index contributed by atoms with van der Waals surface area (Å²) in [6, 6.07) is 8.42. The van der Waals surface area contributed by atoms with Gasteiger partial charge in [-0.15, -0.1) is 0 Å². The third-order valence-electron chi connectivity index (χ3n) is 3.14. The Kier molecular flexibility index (Phi) is 5.83. The summed E-state index contributed by atoms with van der Waals surface area (Å²) in [5.41, 5.74) is 1.46. The zero-order valence-electron chi connectivity index (χ0n) is 13.8. The summed E-state index contributed by atoms with van der Waals surface area (Å²) in [5.74, 6) is 0.756. The molecule has 1 aromatic carbocycles. The third kappa shape index (κ3) is 4.52. The molecule has 128 valence electrons. The highest BCUT2D eigenvalue weighted by molar-refractivity contribution is 5.86. The standard InChI is InChI=1S/C17H19NO6/c1-4-22-16(19)15-8-6-13(24-15)10-23-12-5-7-14(11(2)9-12)18-17(20)21-3/h5-9H,4,10H2,1-3H3,(H,18,20). The van der Waals surface area contributed by atoms with Crippen molar-refractivity contribution in [2.45, 2.75) is 20.5 Å². The van der Waals surface area contributed by atoms with Gasteiger partial charge >= 0.3 is 12.1 Å². The van der Waals surface area contributed by atoms with Crippen LogP contribution in [0.4, 0.5) is 10.5 Å². The fourth-order valence-corrected chi connectivity index (χ4v) is 1.95. The molecular formula is C17H19NO6. The predicted octanol–water partition coefficient (Wildman–Crippen LogP) is 3.52. The molecule has 0 spiro atoms. The van der Waals surface area contributed by atoms with Crippen molar-refractivity contribution in [3.8, 4) is 5.75 Å². The molecule has 0 saturated carbocycles. The molecule has 0 aliphatic rings. The van der Waals surface area contributed by atoms with Crippen LogP contribution in [0.5, 0.6) is 5.75 Å². The van der Waals surface area contributed by atoms with Crippen molar-refractivity contribution in [3.63, 3.8) is 0 Å². The van der Waals surface area contributed by atoms with Crippen LogP contribution in [0, 0.1) is 6.92 Å². The van der Waals surface area contributed by atoms with Gasteiger partial charge in [-0.2, -0.15) is 0 Å². The van der Waals surface area contributed by atoms with Crippen molar-refractivity contribution >= 4 is 17.7 Å². The van der Waals surface area contributed by atoms with Crippen molar-refractivity contribution in [1.29, 1.82) is 0 Å². The Morgan fingerprint density at radius 1 is 1.21 bits per heavy atom. The van der Waals surface area contributed by atoms with Gasteiger partial charge in [0.15, 0.2) is 0 Å². The minimum absolute atomic E-state index is 0.143. The number of furan rings is 1. The minimum Gasteiger partial charge on any atom is -0.486 e. The molecule has 0 atom stereocenters. The van der Waals surface area contributed by atoms with Gasteiger partial charge in [0.2, 0.25) is 5.76 Å². The monoisotopic (exact) mass is 333 g/mol. The Labute approximate surface area is 139 Å². The number of hydrogen-bond acceptors (Lipinski definition) is 6. The smallest absolute Gasteiger partial charge is 0.411 e. The normalized spacial score (nSPS) is 10.1. The van der Waals surface area contributed by atoms with E-state index in [1.807, 2.05) is 6.92 Å². The molecule has 7 heteroatoms. The van der Waals surface area contributed by atoms with E-state index < -0.39 is 12.1 Å². The van der Waals surface area contributed by atoms with E-state index in [1.165, 1.54) is 7.11 Å². The molecule has 1 heterocycles. The van der Waals surface area contributed by atoms with Crippen molar-refractivity contribution in [1.82, 2.24) is 0 Å². The van der Waals surface area contributed by atoms with E-state index >= 15 is 0 Å². The lowest BCUT2D eigenvalue weighted by Gasteiger charge is -2.10. The number of carbonyl (C=O) groups excluding carboxylic acids is 2. The number of hydrogen-bond donors (Lipinski definition) is 1. The van der Waals surface area contributed by atoms with Gasteiger partial charge in [0.25, 0.3) is 0 Å². The average Bonchev–Trinajstić information content (AvgIpc) is 3.04. The fraction of sp³-hybridized carbons (Fsp3) is 0.294. The van der Waals surface area contributed by atoms with Gasteiger partial charge < -0.3 is 18.6 Å². The molecule has 0 unspecified atom stereocenters. The maximum Gasteiger partial charge on any atom is 0.411 e. The molecule has 2 rings (SSSR count). The first-order valence-electron chi connectivity index (χ1n) is 7.37. The zero-order chi connectivity index (χ0) is 17.5. The fourth-order valence-electron chi connectivity index (χ4n) is 1.95. The van der Waals surface area contributed by atoms with Gasteiger partial charge in [-0.3, -0.25) is 5.32 Å². The van der Waals surface area contributed by atoms with Gasteiger partial charge in [0.1, 0.15) is 18.1 Å². The third-order valence-corrected chi connectivity index (χ3v) is 3.14. The lowest BCUT2D eigenvalue weighted by molar-refractivity contribution is 0.0486. The van der Waals surface area contributed by atoms with Gasteiger partial charge in [-0.1, -0.05) is 0 Å². The quantitative estimate of drug-likeness (QED) is 0.814. The SMILES string of the molecule is CCOC(=O)c1ccc(COc2ccc(NC(=O)OC)c(C)c2)o1. The van der Waals surface area contributed by atoms with Gasteiger partial charge in [0, 0.05) is 5.69 Å². The topological polar surface area (TPSA) is 87.0 Å². The molecule has 1 N–H and O–H groups in total. The van der Waals surface area contributed by atoms with Crippen LogP contribution < -0.4 is 10.1 Å². The van der Waals surface area contributed by atoms with Crippen LogP contribution in [-0.4, -0.2) is 25.8 Å². The number of benzene rings is 1. The zero-order valence-corrected chi connectivity index (χ0v) is 13.8. The summed E-state index contributed by atoms with van der Waals surface area (Å²) in [5, 5.41) is 2.60. The maximum atomic E-state index is 11.5. The van der Waals surface area contributed by atoms with Crippen LogP contribution in [0.15, 0.2) is 34.7 Å². The number of methoxy groups -OCH3 is 1. The molecule has 24 heavy (non-hydrogen) atoms. The Balaban J connectivity index is 1.96. The van der Waals surface area contributed by atoms with Gasteiger partial charge in [0.05, 0.1) is 13.7 Å². The molecule has 1 amide bonds. The Hall–Kier alpha value is -2.96. The number of anilines is 1. The lowest BCUT2D eigenvalue weighted by atomic mass is 10.2. The minimum atomic E-state index is -0.533. The van der Waals surface area contributed by atoms with Crippen LogP contribution >= 0.6 is 0 Å². The molecule has 0 saturated heterocycles. The van der Waals surface area contributed by atoms with E-state index in [1.54, 1.807) is 37.3 Å². The van der Waals surface area contributed by atoms with Crippen LogP contribution in [0.1, 0.15) is 28.8 Å². The summed E-state index contributed by atoms with van der Waals surface area (Å²) >= 11 is 0. The van der Waals surface area contributed by atoms with Crippen LogP contribution in [0.2, 0.25) is 0 Å². The molecule has 1 aromatic heterocycles. The predicted molar refractivity (Wildman–Crippen MR) is 86.2 cm³/mol. The Morgan fingerprint density at radius 2 is 2.00 bits per heavy atom. The van der Waals surface area contributed by atoms with Crippen molar-refractivity contribution in [2.24, 2.45) is 0 Å². The number of rotatable bonds is 6. The first kappa shape index (κ1) is 17.4. The van der Waals surface area contributed by atoms with Gasteiger partial charge in [-0.05, 0) is 49.7 Å². The first-order valence-corrected chi connectivity index (χ1v) is 7.37. The van der Waals surface area contributed by atoms with Crippen LogP contribution in [-0.2, 0) is 16.1 Å². The number of nitrogens with one attached hydrogen (secondary N) is 1. The lowest BCUT2D eigenvalue weighted by Crippen LogP contribution is -2.11. The van der Waals surface area contributed by atoms with E-state index in [-0.39, 0.29) is 19.0 Å². The van der Waals surface area contributed by atoms with Crippen LogP contribution in [0.3, 0.4) is 0 Å². The second kappa shape index (κ2) is 8.05. The Bertz CT molecular complexity index is 722. The summed E-state index contributed by atoms with van der Waals surface area (Å²) in [6.07, 6.45) is -0.533. The second-order valence-corrected chi connectivity index (χ2v) is 4.87. The summed E-state index contributed by atoms with van der Waals surface area (Å²) in [4.78, 5) is 22.7. The molecular weight excluding hydrogens is 314 g/mol. The highest BCUT2D eigenvalue weighted by Crippen LogP contribution is 2.22. The van der Waals surface area contributed by atoms with E-state index in [2.05, 4.69) is 10.1 Å². The largest absolute Gasteiger partial charge is 0.486 e. The molecule has 0 fully saturated rings. The van der Waals surface area contributed by atoms with Crippen molar-refractivity contribution in [3.05, 3.63) is 47.4 Å². The van der Waals surface area contributed by atoms with E-state index in [4.69, 9.17) is 13.9 Å². The van der Waals surface area contributed by atoms with E-state index in [0.717, 1.165) is 5.56 Å². The molecule has 0 radical (unpaired) electrons. The van der Waals surface area contributed by atoms with Crippen LogP contribution in [0.25, 0.3) is 0 Å². The van der Waals surface area contributed by atoms with E-state index in [9.17, 15) is 9.59 Å². The number of aryl methyl sites for hydroxylation is 1. The molecule has 7 nitrogen and oxygen atoms in total. The number of ether oxygens (including phenoxy) is 3. The molecule has 0 aliphatic carbocycles. The number of carbonyl (C=O) groups is 2. The summed E-state index contributed by atoms with van der Waals surface area (Å²) < 4.78 is 20.4. The Morgan fingerprint density at radius 3 is 2.67 bits per heavy atom. The highest BCUT2D eigenvalue weighted by atomic mass is 16.5. The van der Waals surface area contributed by atoms with Crippen molar-refractivity contribution < 1.29 is 28.2 Å². The molecule has 0 bridgehead atoms. The molecule has 0 aliphatic heterocycles. The molecule has 2 aromatic rings. The average molecular weight is 333 g/mol. The second-order valence-electron chi connectivity index (χ2n) is 4.87. The summed E-state index contributed by atoms with van der Waals surface area (Å²) in [7, 11) is 1.30. The first-order chi connectivity index (χ1) is 11.5. The highest BCUT2D eigenvalue weighted by Gasteiger charge is 2.12. The number of esters is 1. The summed E-state index contributed by atoms with van der Waals surface area (Å²) in [6.45, 7) is 4.02. The number of amides is 1. The maximum absolute atomic E-state index is 11.5. The van der Waals surface area contributed by atoms with Crippen molar-refractivity contribution in [2.75, 3.05) is 19.0 Å².